The smallest absolute Gasteiger partial charge is 0.253 e. The number of halogens is 1. The van der Waals surface area contributed by atoms with Crippen molar-refractivity contribution in [2.24, 2.45) is 5.73 Å². The van der Waals surface area contributed by atoms with Crippen LogP contribution in [0.2, 0.25) is 0 Å². The average molecular weight is 290 g/mol. The molecule has 0 radical (unpaired) electrons. The average Bonchev–Trinajstić information content (AvgIpc) is 2.82. The minimum Gasteiger partial charge on any atom is -0.382 e. The lowest BCUT2D eigenvalue weighted by Gasteiger charge is -2.01. The van der Waals surface area contributed by atoms with Crippen molar-refractivity contribution in [2.75, 3.05) is 0 Å². The number of amidine groups is 1. The third-order valence-electron chi connectivity index (χ3n) is 2.64. The highest BCUT2D eigenvalue weighted by molar-refractivity contribution is 5.93. The van der Waals surface area contributed by atoms with Crippen LogP contribution in [0.25, 0.3) is 17.2 Å². The van der Waals surface area contributed by atoms with Gasteiger partial charge in [0.2, 0.25) is 0 Å². The fourth-order valence-electron chi connectivity index (χ4n) is 1.80. The number of hydrogen-bond acceptors (Lipinski definition) is 5. The normalized spacial score (nSPS) is 10.2. The molecular formula is C12H12ClN7. The zero-order valence-electron chi connectivity index (χ0n) is 10.6. The van der Waals surface area contributed by atoms with Crippen molar-refractivity contribution in [3.05, 3.63) is 42.0 Å². The highest BCUT2D eigenvalue weighted by atomic mass is 35.5. The molecule has 0 saturated carbocycles. The number of aromatic nitrogens is 5. The topological polar surface area (TPSA) is 106 Å². The molecule has 0 aromatic carbocycles. The number of nitrogen functional groups attached to an aromatic ring is 1. The zero-order valence-corrected chi connectivity index (χ0v) is 11.4. The van der Waals surface area contributed by atoms with E-state index in [4.69, 9.17) is 11.1 Å². The summed E-state index contributed by atoms with van der Waals surface area (Å²) in [4.78, 5) is 12.6. The Morgan fingerprint density at radius 1 is 1.35 bits per heavy atom. The number of rotatable bonds is 2. The fourth-order valence-corrected chi connectivity index (χ4v) is 1.80. The predicted molar refractivity (Wildman–Crippen MR) is 77.0 cm³/mol. The van der Waals surface area contributed by atoms with E-state index >= 15 is 0 Å². The quantitative estimate of drug-likeness (QED) is 0.545. The molecule has 0 fully saturated rings. The van der Waals surface area contributed by atoms with Crippen LogP contribution < -0.4 is 5.73 Å². The maximum Gasteiger partial charge on any atom is 0.253 e. The minimum absolute atomic E-state index is 0. The third-order valence-corrected chi connectivity index (χ3v) is 2.64. The Kier molecular flexibility index (Phi) is 3.62. The fraction of sp³-hybridized carbons (Fsp3) is 0.0833. The second-order valence-corrected chi connectivity index (χ2v) is 4.09. The molecule has 3 rings (SSSR count). The molecule has 8 heteroatoms. The van der Waals surface area contributed by atoms with Gasteiger partial charge < -0.3 is 5.73 Å². The first-order chi connectivity index (χ1) is 9.15. The van der Waals surface area contributed by atoms with Crippen LogP contribution in [0.1, 0.15) is 11.4 Å². The maximum atomic E-state index is 7.58. The Labute approximate surface area is 120 Å². The van der Waals surface area contributed by atoms with Crippen molar-refractivity contribution in [1.29, 1.82) is 5.41 Å². The monoisotopic (exact) mass is 289 g/mol. The van der Waals surface area contributed by atoms with E-state index in [2.05, 4.69) is 20.1 Å². The molecule has 20 heavy (non-hydrogen) atoms. The van der Waals surface area contributed by atoms with Crippen LogP contribution in [0, 0.1) is 12.3 Å². The van der Waals surface area contributed by atoms with Gasteiger partial charge in [-0.15, -0.1) is 17.5 Å². The standard InChI is InChI=1S/C12H11N7.ClH/c1-7-5-9(10(13)14)19-12(16-7)17-11(18-19)8-3-2-4-15-6-8;/h2-6H,1H3,(H3,13,14);1H. The SMILES string of the molecule is Cc1cc(C(=N)N)n2nc(-c3cccnc3)nc2n1.Cl. The minimum atomic E-state index is -0.0712. The molecular weight excluding hydrogens is 278 g/mol. The first kappa shape index (κ1) is 13.9. The molecule has 7 nitrogen and oxygen atoms in total. The molecule has 0 aliphatic carbocycles. The number of fused-ring (bicyclic) bond motifs is 1. The van der Waals surface area contributed by atoms with E-state index in [1.165, 1.54) is 4.52 Å². The van der Waals surface area contributed by atoms with Crippen molar-refractivity contribution in [2.45, 2.75) is 6.92 Å². The van der Waals surface area contributed by atoms with Gasteiger partial charge in [0.1, 0.15) is 11.5 Å². The van der Waals surface area contributed by atoms with Gasteiger partial charge in [-0.25, -0.2) is 4.98 Å². The van der Waals surface area contributed by atoms with Gasteiger partial charge in [-0.1, -0.05) is 0 Å². The number of nitrogens with one attached hydrogen (secondary N) is 1. The van der Waals surface area contributed by atoms with Crippen LogP contribution in [0.3, 0.4) is 0 Å². The summed E-state index contributed by atoms with van der Waals surface area (Å²) in [5, 5.41) is 11.9. The summed E-state index contributed by atoms with van der Waals surface area (Å²) in [5.74, 6) is 0.857. The molecule has 3 aromatic rings. The van der Waals surface area contributed by atoms with Crippen molar-refractivity contribution in [3.8, 4) is 11.4 Å². The molecule has 3 aromatic heterocycles. The molecule has 0 aliphatic rings. The molecule has 0 bridgehead atoms. The van der Waals surface area contributed by atoms with E-state index in [9.17, 15) is 0 Å². The molecule has 0 atom stereocenters. The lowest BCUT2D eigenvalue weighted by Crippen LogP contribution is -2.17. The second-order valence-electron chi connectivity index (χ2n) is 4.09. The number of pyridine rings is 1. The van der Waals surface area contributed by atoms with Gasteiger partial charge in [0.15, 0.2) is 5.82 Å². The molecule has 0 spiro atoms. The maximum absolute atomic E-state index is 7.58. The van der Waals surface area contributed by atoms with Crippen LogP contribution >= 0.6 is 12.4 Å². The third kappa shape index (κ3) is 2.30. The Hall–Kier alpha value is -2.54. The largest absolute Gasteiger partial charge is 0.382 e. The molecule has 102 valence electrons. The van der Waals surface area contributed by atoms with Gasteiger partial charge >= 0.3 is 0 Å². The lowest BCUT2D eigenvalue weighted by molar-refractivity contribution is 0.915. The van der Waals surface area contributed by atoms with E-state index in [-0.39, 0.29) is 18.2 Å². The summed E-state index contributed by atoms with van der Waals surface area (Å²) >= 11 is 0. The predicted octanol–water partition coefficient (Wildman–Crippen LogP) is 1.20. The van der Waals surface area contributed by atoms with Crippen molar-refractivity contribution in [1.82, 2.24) is 24.6 Å². The summed E-state index contributed by atoms with van der Waals surface area (Å²) in [6, 6.07) is 5.38. The molecule has 0 aliphatic heterocycles. The lowest BCUT2D eigenvalue weighted by atomic mass is 10.3. The van der Waals surface area contributed by atoms with Crippen LogP contribution in [-0.2, 0) is 0 Å². The first-order valence-corrected chi connectivity index (χ1v) is 5.64. The van der Waals surface area contributed by atoms with Crippen LogP contribution in [0.4, 0.5) is 0 Å². The molecule has 3 heterocycles. The highest BCUT2D eigenvalue weighted by Gasteiger charge is 2.12. The molecule has 3 N–H and O–H groups in total. The summed E-state index contributed by atoms with van der Waals surface area (Å²) in [6.45, 7) is 1.82. The van der Waals surface area contributed by atoms with Gasteiger partial charge in [-0.3, -0.25) is 10.4 Å². The van der Waals surface area contributed by atoms with E-state index in [1.807, 2.05) is 19.1 Å². The van der Waals surface area contributed by atoms with Crippen LogP contribution in [0.5, 0.6) is 0 Å². The summed E-state index contributed by atoms with van der Waals surface area (Å²) in [7, 11) is 0. The highest BCUT2D eigenvalue weighted by Crippen LogP contribution is 2.15. The summed E-state index contributed by atoms with van der Waals surface area (Å²) in [5.41, 5.74) is 7.56. The van der Waals surface area contributed by atoms with Gasteiger partial charge in [0, 0.05) is 23.7 Å². The Morgan fingerprint density at radius 2 is 2.15 bits per heavy atom. The number of nitrogens with two attached hydrogens (primary N) is 1. The van der Waals surface area contributed by atoms with Crippen molar-refractivity contribution >= 4 is 24.0 Å². The van der Waals surface area contributed by atoms with Gasteiger partial charge in [0.25, 0.3) is 5.78 Å². The summed E-state index contributed by atoms with van der Waals surface area (Å²) < 4.78 is 1.47. The van der Waals surface area contributed by atoms with E-state index in [0.717, 1.165) is 11.3 Å². The molecule has 0 unspecified atom stereocenters. The van der Waals surface area contributed by atoms with Crippen LogP contribution in [0.15, 0.2) is 30.6 Å². The van der Waals surface area contributed by atoms with Crippen molar-refractivity contribution < 1.29 is 0 Å². The number of aryl methyl sites for hydroxylation is 1. The Morgan fingerprint density at radius 3 is 2.80 bits per heavy atom. The van der Waals surface area contributed by atoms with E-state index in [1.54, 1.807) is 18.5 Å². The number of nitrogens with zero attached hydrogens (tertiary/aromatic N) is 5. The first-order valence-electron chi connectivity index (χ1n) is 5.64. The zero-order chi connectivity index (χ0) is 13.4. The van der Waals surface area contributed by atoms with Gasteiger partial charge in [0.05, 0.1) is 0 Å². The number of hydrogen-bond donors (Lipinski definition) is 2. The van der Waals surface area contributed by atoms with E-state index < -0.39 is 0 Å². The Bertz CT molecular complexity index is 766. The van der Waals surface area contributed by atoms with Gasteiger partial charge in [-0.05, 0) is 25.1 Å². The summed E-state index contributed by atoms with van der Waals surface area (Å²) in [6.07, 6.45) is 3.36. The van der Waals surface area contributed by atoms with Gasteiger partial charge in [-0.2, -0.15) is 9.50 Å². The van der Waals surface area contributed by atoms with Crippen LogP contribution in [-0.4, -0.2) is 30.4 Å². The van der Waals surface area contributed by atoms with E-state index in [0.29, 0.717) is 17.3 Å². The second kappa shape index (κ2) is 5.22. The molecule has 0 saturated heterocycles. The van der Waals surface area contributed by atoms with Crippen molar-refractivity contribution in [3.63, 3.8) is 0 Å². The molecule has 0 amide bonds. The Balaban J connectivity index is 0.00000147.